The second kappa shape index (κ2) is 11.8. The lowest BCUT2D eigenvalue weighted by molar-refractivity contribution is -0.114. The first kappa shape index (κ1) is 26.8. The molecule has 0 bridgehead atoms. The molecule has 2 heterocycles. The summed E-state index contributed by atoms with van der Waals surface area (Å²) in [6.07, 6.45) is 3.26. The molecule has 0 saturated heterocycles. The predicted octanol–water partition coefficient (Wildman–Crippen LogP) is 6.23. The molecule has 2 aliphatic rings. The summed E-state index contributed by atoms with van der Waals surface area (Å²) >= 11 is 7.90. The Labute approximate surface area is 225 Å². The van der Waals surface area contributed by atoms with Crippen molar-refractivity contribution in [1.82, 2.24) is 5.01 Å². The third-order valence-electron chi connectivity index (χ3n) is 5.53. The number of rotatable bonds is 10. The summed E-state index contributed by atoms with van der Waals surface area (Å²) in [6, 6.07) is 9.45. The van der Waals surface area contributed by atoms with Crippen molar-refractivity contribution in [2.45, 2.75) is 40.5 Å². The van der Waals surface area contributed by atoms with E-state index in [4.69, 9.17) is 31.2 Å². The summed E-state index contributed by atoms with van der Waals surface area (Å²) in [5.74, 6) is 1.13. The van der Waals surface area contributed by atoms with Gasteiger partial charge in [-0.3, -0.25) is 10.2 Å². The van der Waals surface area contributed by atoms with E-state index in [0.29, 0.717) is 40.5 Å². The Morgan fingerprint density at radius 3 is 2.62 bits per heavy atom. The van der Waals surface area contributed by atoms with E-state index in [2.05, 4.69) is 17.0 Å². The van der Waals surface area contributed by atoms with Gasteiger partial charge < -0.3 is 14.2 Å². The topological polar surface area (TPSA) is 96.6 Å². The third-order valence-corrected chi connectivity index (χ3v) is 6.78. The Balaban J connectivity index is 1.51. The van der Waals surface area contributed by atoms with Crippen molar-refractivity contribution in [3.05, 3.63) is 57.6 Å². The minimum atomic E-state index is -0.491. The molecule has 0 fully saturated rings. The van der Waals surface area contributed by atoms with Crippen LogP contribution in [0.5, 0.6) is 17.2 Å². The summed E-state index contributed by atoms with van der Waals surface area (Å²) in [5.41, 5.74) is 2.88. The molecule has 10 heteroatoms. The molecule has 0 atom stereocenters. The number of amidine groups is 2. The molecule has 2 aliphatic heterocycles. The largest absolute Gasteiger partial charge is 0.490 e. The third kappa shape index (κ3) is 6.17. The molecule has 0 saturated carbocycles. The van der Waals surface area contributed by atoms with Crippen LogP contribution in [0.25, 0.3) is 6.08 Å². The Kier molecular flexibility index (Phi) is 8.56. The smallest absolute Gasteiger partial charge is 0.283 e. The number of benzene rings is 2. The van der Waals surface area contributed by atoms with Gasteiger partial charge in [0.2, 0.25) is 5.17 Å². The van der Waals surface area contributed by atoms with Crippen molar-refractivity contribution in [2.24, 2.45) is 10.1 Å². The first-order chi connectivity index (χ1) is 17.8. The summed E-state index contributed by atoms with van der Waals surface area (Å²) in [4.78, 5) is 16.9. The average molecular weight is 541 g/mol. The van der Waals surface area contributed by atoms with Crippen LogP contribution in [0.15, 0.2) is 46.0 Å². The van der Waals surface area contributed by atoms with Gasteiger partial charge in [-0.1, -0.05) is 30.7 Å². The number of halogens is 1. The second-order valence-electron chi connectivity index (χ2n) is 8.49. The lowest BCUT2D eigenvalue weighted by Crippen LogP contribution is -2.35. The standard InChI is InChI=1S/C27H29ClN4O4S/c1-5-7-23-31-32-25(29)19(26(33)30-27(32)37-23)13-18-14-20(28)24(22(15-18)34-6-2)36-11-10-35-21-12-16(3)8-9-17(21)4/h8-9,12-15,29H,5-7,10-11H2,1-4H3. The van der Waals surface area contributed by atoms with Gasteiger partial charge in [0.1, 0.15) is 24.0 Å². The number of nitrogens with zero attached hydrogens (tertiary/aromatic N) is 3. The minimum absolute atomic E-state index is 0.0217. The normalized spacial score (nSPS) is 16.0. The lowest BCUT2D eigenvalue weighted by Gasteiger charge is -2.20. The fraction of sp³-hybridized carbons (Fsp3) is 0.333. The van der Waals surface area contributed by atoms with E-state index in [9.17, 15) is 4.79 Å². The van der Waals surface area contributed by atoms with Gasteiger partial charge >= 0.3 is 0 Å². The van der Waals surface area contributed by atoms with Crippen LogP contribution in [0, 0.1) is 19.3 Å². The quantitative estimate of drug-likeness (QED) is 0.283. The van der Waals surface area contributed by atoms with Gasteiger partial charge in [0.05, 0.1) is 17.2 Å². The number of hydrogen-bond acceptors (Lipinski definition) is 7. The predicted molar refractivity (Wildman–Crippen MR) is 149 cm³/mol. The molecule has 0 spiro atoms. The number of aliphatic imine (C=N–C) groups is 1. The Bertz CT molecular complexity index is 1320. The van der Waals surface area contributed by atoms with Crippen LogP contribution < -0.4 is 14.2 Å². The van der Waals surface area contributed by atoms with Gasteiger partial charge in [0, 0.05) is 0 Å². The van der Waals surface area contributed by atoms with Gasteiger partial charge in [-0.2, -0.15) is 15.1 Å². The summed E-state index contributed by atoms with van der Waals surface area (Å²) in [6.45, 7) is 8.91. The van der Waals surface area contributed by atoms with Crippen LogP contribution in [0.1, 0.15) is 43.4 Å². The molecule has 0 unspecified atom stereocenters. The van der Waals surface area contributed by atoms with Crippen molar-refractivity contribution in [2.75, 3.05) is 19.8 Å². The SMILES string of the molecule is CCCC1=NN2C(=N)C(=Cc3cc(Cl)c(OCCOc4cc(C)ccc4C)c(OCC)c3)C(=O)N=C2S1. The molecule has 1 amide bonds. The van der Waals surface area contributed by atoms with Crippen molar-refractivity contribution >= 4 is 51.4 Å². The zero-order valence-electron chi connectivity index (χ0n) is 21.3. The van der Waals surface area contributed by atoms with Gasteiger partial charge in [0.25, 0.3) is 5.91 Å². The first-order valence-electron chi connectivity index (χ1n) is 12.1. The van der Waals surface area contributed by atoms with Gasteiger partial charge in [-0.15, -0.1) is 0 Å². The van der Waals surface area contributed by atoms with E-state index >= 15 is 0 Å². The molecule has 0 aliphatic carbocycles. The number of fused-ring (bicyclic) bond motifs is 1. The molecule has 4 rings (SSSR count). The van der Waals surface area contributed by atoms with E-state index in [1.807, 2.05) is 39.0 Å². The van der Waals surface area contributed by atoms with Crippen molar-refractivity contribution in [3.63, 3.8) is 0 Å². The molecule has 37 heavy (non-hydrogen) atoms. The highest BCUT2D eigenvalue weighted by Crippen LogP contribution is 2.38. The van der Waals surface area contributed by atoms with Crippen molar-refractivity contribution in [1.29, 1.82) is 5.41 Å². The van der Waals surface area contributed by atoms with E-state index in [0.717, 1.165) is 34.8 Å². The van der Waals surface area contributed by atoms with Crippen LogP contribution in [0.3, 0.4) is 0 Å². The molecule has 194 valence electrons. The molecule has 2 aromatic carbocycles. The Hall–Kier alpha value is -3.30. The zero-order chi connectivity index (χ0) is 26.5. The highest BCUT2D eigenvalue weighted by atomic mass is 35.5. The van der Waals surface area contributed by atoms with E-state index in [1.165, 1.54) is 16.8 Å². The number of thioether (sulfide) groups is 1. The fourth-order valence-electron chi connectivity index (χ4n) is 3.75. The van der Waals surface area contributed by atoms with Crippen LogP contribution >= 0.6 is 23.4 Å². The van der Waals surface area contributed by atoms with Crippen LogP contribution in [0.4, 0.5) is 0 Å². The van der Waals surface area contributed by atoms with Crippen molar-refractivity contribution < 1.29 is 19.0 Å². The molecule has 0 radical (unpaired) electrons. The maximum atomic E-state index is 12.7. The number of hydrazone groups is 1. The molecule has 2 aromatic rings. The number of aryl methyl sites for hydroxylation is 2. The van der Waals surface area contributed by atoms with E-state index in [1.54, 1.807) is 18.2 Å². The molecule has 1 N–H and O–H groups in total. The monoisotopic (exact) mass is 540 g/mol. The van der Waals surface area contributed by atoms with Crippen LogP contribution in [-0.2, 0) is 4.79 Å². The number of carbonyl (C=O) groups excluding carboxylic acids is 1. The van der Waals surface area contributed by atoms with E-state index in [-0.39, 0.29) is 18.0 Å². The summed E-state index contributed by atoms with van der Waals surface area (Å²) in [7, 11) is 0. The summed E-state index contributed by atoms with van der Waals surface area (Å²) < 4.78 is 17.6. The highest BCUT2D eigenvalue weighted by molar-refractivity contribution is 8.26. The van der Waals surface area contributed by atoms with Gasteiger partial charge in [-0.25, -0.2) is 0 Å². The average Bonchev–Trinajstić information content (AvgIpc) is 3.25. The van der Waals surface area contributed by atoms with Gasteiger partial charge in [0.15, 0.2) is 17.3 Å². The highest BCUT2D eigenvalue weighted by Gasteiger charge is 2.35. The Morgan fingerprint density at radius 1 is 1.08 bits per heavy atom. The molecule has 8 nitrogen and oxygen atoms in total. The molecular formula is C27H29ClN4O4S. The summed E-state index contributed by atoms with van der Waals surface area (Å²) in [5, 5.41) is 16.0. The van der Waals surface area contributed by atoms with E-state index < -0.39 is 5.91 Å². The molecular weight excluding hydrogens is 512 g/mol. The first-order valence-corrected chi connectivity index (χ1v) is 13.3. The number of nitrogens with one attached hydrogen (secondary N) is 1. The lowest BCUT2D eigenvalue weighted by atomic mass is 10.1. The number of hydrogen-bond donors (Lipinski definition) is 1. The minimum Gasteiger partial charge on any atom is -0.490 e. The van der Waals surface area contributed by atoms with Crippen molar-refractivity contribution in [3.8, 4) is 17.2 Å². The zero-order valence-corrected chi connectivity index (χ0v) is 22.8. The number of carbonyl (C=O) groups is 1. The molecule has 0 aromatic heterocycles. The second-order valence-corrected chi connectivity index (χ2v) is 9.94. The fourth-order valence-corrected chi connectivity index (χ4v) is 5.01. The Morgan fingerprint density at radius 2 is 1.86 bits per heavy atom. The van der Waals surface area contributed by atoms with Crippen LogP contribution in [-0.4, -0.2) is 46.8 Å². The maximum Gasteiger partial charge on any atom is 0.283 e. The number of amides is 1. The van der Waals surface area contributed by atoms with Crippen LogP contribution in [0.2, 0.25) is 5.02 Å². The van der Waals surface area contributed by atoms with Gasteiger partial charge in [-0.05, 0) is 86.3 Å². The number of ether oxygens (including phenoxy) is 3. The maximum absolute atomic E-state index is 12.7.